The molecule has 1 heterocycles. The van der Waals surface area contributed by atoms with E-state index in [1.807, 2.05) is 24.3 Å². The number of carbonyl (C=O) groups excluding carboxylic acids is 1. The van der Waals surface area contributed by atoms with Gasteiger partial charge in [0.15, 0.2) is 0 Å². The summed E-state index contributed by atoms with van der Waals surface area (Å²) in [6, 6.07) is 20.7. The molecule has 0 saturated carbocycles. The van der Waals surface area contributed by atoms with Crippen molar-refractivity contribution in [2.45, 2.75) is 12.5 Å². The van der Waals surface area contributed by atoms with Crippen molar-refractivity contribution in [3.8, 4) is 0 Å². The molecule has 22 heavy (non-hydrogen) atoms. The van der Waals surface area contributed by atoms with Gasteiger partial charge in [0, 0.05) is 25.6 Å². The van der Waals surface area contributed by atoms with Gasteiger partial charge in [0.1, 0.15) is 0 Å². The number of carbonyl (C=O) groups is 1. The van der Waals surface area contributed by atoms with E-state index in [9.17, 15) is 4.79 Å². The van der Waals surface area contributed by atoms with Crippen LogP contribution in [0.5, 0.6) is 0 Å². The Morgan fingerprint density at radius 2 is 1.68 bits per heavy atom. The van der Waals surface area contributed by atoms with Crippen molar-refractivity contribution in [1.82, 2.24) is 4.90 Å². The molecule has 3 heteroatoms. The first-order valence-corrected chi connectivity index (χ1v) is 7.67. The molecule has 3 nitrogen and oxygen atoms in total. The van der Waals surface area contributed by atoms with E-state index in [-0.39, 0.29) is 17.8 Å². The summed E-state index contributed by atoms with van der Waals surface area (Å²) < 4.78 is 5.02. The van der Waals surface area contributed by atoms with Gasteiger partial charge in [-0.3, -0.25) is 9.69 Å². The van der Waals surface area contributed by atoms with Crippen molar-refractivity contribution in [3.63, 3.8) is 0 Å². The Bertz CT molecular complexity index is 612. The zero-order chi connectivity index (χ0) is 15.4. The summed E-state index contributed by atoms with van der Waals surface area (Å²) in [4.78, 5) is 14.5. The highest BCUT2D eigenvalue weighted by Crippen LogP contribution is 2.34. The summed E-state index contributed by atoms with van der Waals surface area (Å²) in [7, 11) is 1.48. The van der Waals surface area contributed by atoms with Gasteiger partial charge in [-0.05, 0) is 11.1 Å². The zero-order valence-corrected chi connectivity index (χ0v) is 12.8. The maximum Gasteiger partial charge on any atom is 0.310 e. The van der Waals surface area contributed by atoms with E-state index in [1.54, 1.807) is 0 Å². The minimum atomic E-state index is -0.107. The molecule has 0 radical (unpaired) electrons. The molecule has 0 spiro atoms. The third-order valence-electron chi connectivity index (χ3n) is 4.38. The molecular formula is C19H21NO2. The maximum absolute atomic E-state index is 12.1. The van der Waals surface area contributed by atoms with Crippen LogP contribution in [0.2, 0.25) is 0 Å². The van der Waals surface area contributed by atoms with E-state index in [1.165, 1.54) is 18.2 Å². The smallest absolute Gasteiger partial charge is 0.310 e. The van der Waals surface area contributed by atoms with Crippen LogP contribution in [-0.2, 0) is 16.1 Å². The first-order chi connectivity index (χ1) is 10.8. The standard InChI is InChI=1S/C19H21NO2/c1-22-19(21)18-14-20(12-15-8-4-2-5-9-15)13-17(18)16-10-6-3-7-11-16/h2-11,17-18H,12-14H2,1H3/t17-,18?/m0/s1. The first kappa shape index (κ1) is 14.8. The van der Waals surface area contributed by atoms with Crippen molar-refractivity contribution in [1.29, 1.82) is 0 Å². The Labute approximate surface area is 131 Å². The quantitative estimate of drug-likeness (QED) is 0.812. The summed E-state index contributed by atoms with van der Waals surface area (Å²) in [6.45, 7) is 2.51. The Balaban J connectivity index is 1.78. The monoisotopic (exact) mass is 295 g/mol. The fraction of sp³-hybridized carbons (Fsp3) is 0.316. The molecule has 114 valence electrons. The Morgan fingerprint density at radius 1 is 1.05 bits per heavy atom. The molecule has 2 atom stereocenters. The van der Waals surface area contributed by atoms with Crippen LogP contribution in [0.25, 0.3) is 0 Å². The van der Waals surface area contributed by atoms with Crippen LogP contribution in [-0.4, -0.2) is 31.1 Å². The van der Waals surface area contributed by atoms with Crippen LogP contribution in [0.1, 0.15) is 17.0 Å². The number of esters is 1. The number of ether oxygens (including phenoxy) is 1. The van der Waals surface area contributed by atoms with E-state index < -0.39 is 0 Å². The second-order valence-corrected chi connectivity index (χ2v) is 5.83. The molecule has 0 aromatic heterocycles. The molecule has 1 aliphatic heterocycles. The van der Waals surface area contributed by atoms with Crippen LogP contribution >= 0.6 is 0 Å². The number of nitrogens with zero attached hydrogens (tertiary/aromatic N) is 1. The fourth-order valence-electron chi connectivity index (χ4n) is 3.28. The van der Waals surface area contributed by atoms with Gasteiger partial charge in [-0.1, -0.05) is 60.7 Å². The Morgan fingerprint density at radius 3 is 2.32 bits per heavy atom. The van der Waals surface area contributed by atoms with Crippen LogP contribution in [0, 0.1) is 5.92 Å². The summed E-state index contributed by atoms with van der Waals surface area (Å²) in [5.74, 6) is 0.0119. The van der Waals surface area contributed by atoms with Crippen molar-refractivity contribution in [3.05, 3.63) is 71.8 Å². The summed E-state index contributed by atoms with van der Waals surface area (Å²) in [6.07, 6.45) is 0. The van der Waals surface area contributed by atoms with E-state index in [2.05, 4.69) is 41.3 Å². The first-order valence-electron chi connectivity index (χ1n) is 7.67. The number of likely N-dealkylation sites (tertiary alicyclic amines) is 1. The van der Waals surface area contributed by atoms with Crippen molar-refractivity contribution >= 4 is 5.97 Å². The van der Waals surface area contributed by atoms with Crippen molar-refractivity contribution in [2.75, 3.05) is 20.2 Å². The molecule has 0 N–H and O–H groups in total. The molecule has 0 aliphatic carbocycles. The molecule has 0 amide bonds. The normalized spacial score (nSPS) is 21.7. The second kappa shape index (κ2) is 6.75. The van der Waals surface area contributed by atoms with Crippen molar-refractivity contribution < 1.29 is 9.53 Å². The average Bonchev–Trinajstić information content (AvgIpc) is 3.00. The third kappa shape index (κ3) is 3.20. The molecule has 3 rings (SSSR count). The highest BCUT2D eigenvalue weighted by atomic mass is 16.5. The Kier molecular flexibility index (Phi) is 4.54. The molecule has 2 aromatic carbocycles. The van der Waals surface area contributed by atoms with Gasteiger partial charge in [-0.15, -0.1) is 0 Å². The zero-order valence-electron chi connectivity index (χ0n) is 12.8. The summed E-state index contributed by atoms with van der Waals surface area (Å²) in [5.41, 5.74) is 2.49. The van der Waals surface area contributed by atoms with Crippen LogP contribution in [0.3, 0.4) is 0 Å². The van der Waals surface area contributed by atoms with Gasteiger partial charge in [-0.2, -0.15) is 0 Å². The van der Waals surface area contributed by atoms with Crippen LogP contribution in [0.4, 0.5) is 0 Å². The Hall–Kier alpha value is -2.13. The predicted octanol–water partition coefficient (Wildman–Crippen LogP) is 3.08. The maximum atomic E-state index is 12.1. The number of methoxy groups -OCH3 is 1. The molecule has 1 aliphatic rings. The molecular weight excluding hydrogens is 274 g/mol. The molecule has 1 unspecified atom stereocenters. The largest absolute Gasteiger partial charge is 0.469 e. The lowest BCUT2D eigenvalue weighted by Gasteiger charge is -2.16. The minimum absolute atomic E-state index is 0.0869. The molecule has 1 saturated heterocycles. The van der Waals surface area contributed by atoms with Gasteiger partial charge in [-0.25, -0.2) is 0 Å². The lowest BCUT2D eigenvalue weighted by molar-refractivity contribution is -0.145. The number of benzene rings is 2. The highest BCUT2D eigenvalue weighted by Gasteiger charge is 2.38. The average molecular weight is 295 g/mol. The van der Waals surface area contributed by atoms with E-state index >= 15 is 0 Å². The van der Waals surface area contributed by atoms with Gasteiger partial charge in [0.05, 0.1) is 13.0 Å². The number of hydrogen-bond acceptors (Lipinski definition) is 3. The lowest BCUT2D eigenvalue weighted by atomic mass is 9.89. The topological polar surface area (TPSA) is 29.5 Å². The lowest BCUT2D eigenvalue weighted by Crippen LogP contribution is -2.24. The highest BCUT2D eigenvalue weighted by molar-refractivity contribution is 5.74. The fourth-order valence-corrected chi connectivity index (χ4v) is 3.28. The molecule has 2 aromatic rings. The van der Waals surface area contributed by atoms with Crippen molar-refractivity contribution in [2.24, 2.45) is 5.92 Å². The molecule has 1 fully saturated rings. The van der Waals surface area contributed by atoms with E-state index in [4.69, 9.17) is 4.74 Å². The van der Waals surface area contributed by atoms with E-state index in [0.29, 0.717) is 0 Å². The third-order valence-corrected chi connectivity index (χ3v) is 4.38. The van der Waals surface area contributed by atoms with Crippen LogP contribution in [0.15, 0.2) is 60.7 Å². The van der Waals surface area contributed by atoms with Gasteiger partial charge in [0.2, 0.25) is 0 Å². The van der Waals surface area contributed by atoms with Gasteiger partial charge < -0.3 is 4.74 Å². The minimum Gasteiger partial charge on any atom is -0.469 e. The predicted molar refractivity (Wildman–Crippen MR) is 86.4 cm³/mol. The summed E-state index contributed by atoms with van der Waals surface area (Å²) >= 11 is 0. The van der Waals surface area contributed by atoms with Gasteiger partial charge in [0.25, 0.3) is 0 Å². The number of hydrogen-bond donors (Lipinski definition) is 0. The van der Waals surface area contributed by atoms with Crippen LogP contribution < -0.4 is 0 Å². The van der Waals surface area contributed by atoms with Gasteiger partial charge >= 0.3 is 5.97 Å². The second-order valence-electron chi connectivity index (χ2n) is 5.83. The number of rotatable bonds is 4. The SMILES string of the molecule is COC(=O)C1CN(Cc2ccccc2)C[C@H]1c1ccccc1. The molecule has 0 bridgehead atoms. The van der Waals surface area contributed by atoms with E-state index in [0.717, 1.165) is 19.6 Å². The summed E-state index contributed by atoms with van der Waals surface area (Å²) in [5, 5.41) is 0.